The van der Waals surface area contributed by atoms with E-state index in [9.17, 15) is 0 Å². The van der Waals surface area contributed by atoms with Gasteiger partial charge in [0.15, 0.2) is 0 Å². The number of ether oxygens (including phenoxy) is 1. The molecule has 0 saturated heterocycles. The van der Waals surface area contributed by atoms with Crippen LogP contribution in [0.4, 0.5) is 0 Å². The zero-order chi connectivity index (χ0) is 16.2. The lowest BCUT2D eigenvalue weighted by atomic mass is 10.1. The summed E-state index contributed by atoms with van der Waals surface area (Å²) in [5, 5.41) is 0. The molecule has 1 heteroatoms. The van der Waals surface area contributed by atoms with Gasteiger partial charge < -0.3 is 4.74 Å². The number of aryl methyl sites for hydroxylation is 2. The quantitative estimate of drug-likeness (QED) is 0.461. The summed E-state index contributed by atoms with van der Waals surface area (Å²) in [4.78, 5) is 0. The van der Waals surface area contributed by atoms with Gasteiger partial charge in [-0.3, -0.25) is 0 Å². The second kappa shape index (κ2) is 10.9. The van der Waals surface area contributed by atoms with Gasteiger partial charge in [-0.05, 0) is 55.4 Å². The number of hydrogen-bond donors (Lipinski definition) is 0. The molecular formula is C22H29O. The fourth-order valence-electron chi connectivity index (χ4n) is 2.74. The molecule has 0 saturated carbocycles. The molecule has 0 fully saturated rings. The van der Waals surface area contributed by atoms with Crippen LogP contribution in [0.3, 0.4) is 0 Å². The van der Waals surface area contributed by atoms with E-state index < -0.39 is 0 Å². The van der Waals surface area contributed by atoms with Gasteiger partial charge in [-0.1, -0.05) is 68.7 Å². The molecular weight excluding hydrogens is 280 g/mol. The Balaban J connectivity index is 1.63. The van der Waals surface area contributed by atoms with Gasteiger partial charge in [0.1, 0.15) is 5.75 Å². The maximum atomic E-state index is 5.90. The molecule has 0 aromatic heterocycles. The molecule has 0 aliphatic rings. The van der Waals surface area contributed by atoms with Crippen LogP contribution in [0.5, 0.6) is 5.75 Å². The smallest absolute Gasteiger partial charge is 0.119 e. The Morgan fingerprint density at radius 2 is 1.43 bits per heavy atom. The van der Waals surface area contributed by atoms with E-state index >= 15 is 0 Å². The van der Waals surface area contributed by atoms with Crippen molar-refractivity contribution in [2.24, 2.45) is 0 Å². The zero-order valence-electron chi connectivity index (χ0n) is 14.2. The molecule has 0 unspecified atom stereocenters. The minimum absolute atomic E-state index is 0.803. The van der Waals surface area contributed by atoms with Crippen molar-refractivity contribution in [1.82, 2.24) is 0 Å². The molecule has 123 valence electrons. The molecule has 23 heavy (non-hydrogen) atoms. The van der Waals surface area contributed by atoms with Crippen LogP contribution in [-0.2, 0) is 12.8 Å². The van der Waals surface area contributed by atoms with E-state index in [1.807, 2.05) is 0 Å². The molecule has 2 aromatic rings. The largest absolute Gasteiger partial charge is 0.494 e. The normalized spacial score (nSPS) is 10.7. The van der Waals surface area contributed by atoms with Crippen LogP contribution in [0.2, 0.25) is 0 Å². The Morgan fingerprint density at radius 1 is 0.696 bits per heavy atom. The average Bonchev–Trinajstić information content (AvgIpc) is 2.60. The van der Waals surface area contributed by atoms with Crippen molar-refractivity contribution in [3.05, 3.63) is 72.6 Å². The number of rotatable bonds is 11. The van der Waals surface area contributed by atoms with E-state index in [4.69, 9.17) is 4.74 Å². The van der Waals surface area contributed by atoms with Gasteiger partial charge in [0, 0.05) is 0 Å². The van der Waals surface area contributed by atoms with Crippen LogP contribution in [0, 0.1) is 6.92 Å². The van der Waals surface area contributed by atoms with Gasteiger partial charge >= 0.3 is 0 Å². The predicted molar refractivity (Wildman–Crippen MR) is 98.8 cm³/mol. The van der Waals surface area contributed by atoms with E-state index in [-0.39, 0.29) is 0 Å². The summed E-state index contributed by atoms with van der Waals surface area (Å²) in [5.41, 5.74) is 2.80. The average molecular weight is 309 g/mol. The highest BCUT2D eigenvalue weighted by molar-refractivity contribution is 5.28. The fraction of sp³-hybridized carbons (Fsp3) is 0.409. The van der Waals surface area contributed by atoms with Gasteiger partial charge in [0.05, 0.1) is 6.61 Å². The molecule has 0 aliphatic carbocycles. The molecule has 1 nitrogen and oxygen atoms in total. The molecule has 2 rings (SSSR count). The lowest BCUT2D eigenvalue weighted by Crippen LogP contribution is -1.99. The van der Waals surface area contributed by atoms with Crippen LogP contribution in [0.25, 0.3) is 0 Å². The summed E-state index contributed by atoms with van der Waals surface area (Å²) in [6.45, 7) is 4.70. The van der Waals surface area contributed by atoms with E-state index in [1.165, 1.54) is 36.8 Å². The Kier molecular flexibility index (Phi) is 8.32. The minimum atomic E-state index is 0.803. The number of hydrogen-bond acceptors (Lipinski definition) is 1. The van der Waals surface area contributed by atoms with E-state index in [0.717, 1.165) is 38.0 Å². The van der Waals surface area contributed by atoms with Crippen LogP contribution in [0.1, 0.15) is 49.7 Å². The first-order valence-electron chi connectivity index (χ1n) is 8.93. The highest BCUT2D eigenvalue weighted by Crippen LogP contribution is 2.16. The van der Waals surface area contributed by atoms with Crippen LogP contribution >= 0.6 is 0 Å². The molecule has 0 N–H and O–H groups in total. The van der Waals surface area contributed by atoms with Crippen molar-refractivity contribution in [3.8, 4) is 5.75 Å². The van der Waals surface area contributed by atoms with Crippen molar-refractivity contribution >= 4 is 0 Å². The van der Waals surface area contributed by atoms with Gasteiger partial charge in [-0.15, -0.1) is 0 Å². The topological polar surface area (TPSA) is 9.23 Å². The second-order valence-electron chi connectivity index (χ2n) is 6.10. The van der Waals surface area contributed by atoms with Crippen molar-refractivity contribution in [2.75, 3.05) is 6.61 Å². The highest BCUT2D eigenvalue weighted by atomic mass is 16.5. The first-order chi connectivity index (χ1) is 11.4. The van der Waals surface area contributed by atoms with E-state index in [0.29, 0.717) is 0 Å². The van der Waals surface area contributed by atoms with Crippen LogP contribution < -0.4 is 4.74 Å². The molecule has 0 amide bonds. The zero-order valence-corrected chi connectivity index (χ0v) is 14.2. The van der Waals surface area contributed by atoms with Gasteiger partial charge in [0.25, 0.3) is 0 Å². The monoisotopic (exact) mass is 309 g/mol. The van der Waals surface area contributed by atoms with Crippen molar-refractivity contribution < 1.29 is 4.74 Å². The second-order valence-corrected chi connectivity index (χ2v) is 6.10. The Morgan fingerprint density at radius 3 is 2.26 bits per heavy atom. The van der Waals surface area contributed by atoms with Crippen molar-refractivity contribution in [3.63, 3.8) is 0 Å². The van der Waals surface area contributed by atoms with E-state index in [2.05, 4.69) is 61.5 Å². The third-order valence-corrected chi connectivity index (χ3v) is 4.09. The SMILES string of the molecule is [CH2]CCCCCc1cccc(OCCCCc2ccccc2)c1. The predicted octanol–water partition coefficient (Wildman–Crippen LogP) is 6.03. The lowest BCUT2D eigenvalue weighted by molar-refractivity contribution is 0.306. The van der Waals surface area contributed by atoms with Gasteiger partial charge in [0.2, 0.25) is 0 Å². The Bertz CT molecular complexity index is 533. The first-order valence-corrected chi connectivity index (χ1v) is 8.93. The summed E-state index contributed by atoms with van der Waals surface area (Å²) < 4.78 is 5.90. The molecule has 0 aliphatic heterocycles. The molecule has 2 aromatic carbocycles. The van der Waals surface area contributed by atoms with E-state index in [1.54, 1.807) is 0 Å². The van der Waals surface area contributed by atoms with Gasteiger partial charge in [-0.25, -0.2) is 0 Å². The molecule has 1 radical (unpaired) electrons. The summed E-state index contributed by atoms with van der Waals surface area (Å²) in [6, 6.07) is 19.2. The summed E-state index contributed by atoms with van der Waals surface area (Å²) >= 11 is 0. The molecule has 0 bridgehead atoms. The van der Waals surface area contributed by atoms with Crippen molar-refractivity contribution in [1.29, 1.82) is 0 Å². The molecule has 0 heterocycles. The van der Waals surface area contributed by atoms with Crippen LogP contribution in [0.15, 0.2) is 54.6 Å². The number of unbranched alkanes of at least 4 members (excludes halogenated alkanes) is 4. The summed E-state index contributed by atoms with van der Waals surface area (Å²) in [7, 11) is 0. The standard InChI is InChI=1S/C22H29O/c1-2-3-4-6-15-21-16-11-17-22(19-21)23-18-10-9-14-20-12-7-5-8-13-20/h5,7-8,11-13,16-17,19H,1-4,6,9-10,14-15,18H2. The first kappa shape index (κ1) is 17.6. The Labute approximate surface area is 141 Å². The van der Waals surface area contributed by atoms with Crippen molar-refractivity contribution in [2.45, 2.75) is 51.4 Å². The maximum Gasteiger partial charge on any atom is 0.119 e. The summed E-state index contributed by atoms with van der Waals surface area (Å²) in [6.07, 6.45) is 9.35. The van der Waals surface area contributed by atoms with Gasteiger partial charge in [-0.2, -0.15) is 0 Å². The molecule has 0 spiro atoms. The lowest BCUT2D eigenvalue weighted by Gasteiger charge is -2.08. The third-order valence-electron chi connectivity index (χ3n) is 4.09. The van der Waals surface area contributed by atoms with Crippen LogP contribution in [-0.4, -0.2) is 6.61 Å². The summed E-state index contributed by atoms with van der Waals surface area (Å²) in [5.74, 6) is 1.01. The maximum absolute atomic E-state index is 5.90. The molecule has 0 atom stereocenters. The fourth-order valence-corrected chi connectivity index (χ4v) is 2.74. The minimum Gasteiger partial charge on any atom is -0.494 e. The highest BCUT2D eigenvalue weighted by Gasteiger charge is 1.98. The third kappa shape index (κ3) is 7.36. The Hall–Kier alpha value is -1.76. The number of benzene rings is 2.